The van der Waals surface area contributed by atoms with E-state index in [2.05, 4.69) is 4.98 Å². The molecule has 0 N–H and O–H groups in total. The van der Waals surface area contributed by atoms with E-state index in [0.717, 1.165) is 0 Å². The molecule has 0 radical (unpaired) electrons. The lowest BCUT2D eigenvalue weighted by Gasteiger charge is -2.05. The van der Waals surface area contributed by atoms with E-state index in [-0.39, 0.29) is 11.9 Å². The van der Waals surface area contributed by atoms with E-state index in [9.17, 15) is 4.39 Å². The monoisotopic (exact) mass is 169 g/mol. The van der Waals surface area contributed by atoms with Crippen LogP contribution in [0.2, 0.25) is 0 Å². The van der Waals surface area contributed by atoms with Crippen LogP contribution in [0.25, 0.3) is 0 Å². The largest absolute Gasteiger partial charge is 0.373 e. The Hall–Kier alpha value is -0.960. The number of hydrogen-bond donors (Lipinski definition) is 0. The van der Waals surface area contributed by atoms with Crippen molar-refractivity contribution in [2.45, 2.75) is 26.6 Å². The number of nitrogens with zero attached hydrogens (tertiary/aromatic N) is 1. The molecule has 66 valence electrons. The fraction of sp³-hybridized carbons (Fsp3) is 0.444. The molecule has 0 amide bonds. The van der Waals surface area contributed by atoms with Crippen LogP contribution < -0.4 is 0 Å². The third kappa shape index (κ3) is 2.96. The first-order chi connectivity index (χ1) is 5.68. The number of halogens is 1. The Morgan fingerprint density at radius 3 is 2.92 bits per heavy atom. The Bertz CT molecular complexity index is 250. The predicted octanol–water partition coefficient (Wildman–Crippen LogP) is 2.15. The van der Waals surface area contributed by atoms with Crippen molar-refractivity contribution in [2.75, 3.05) is 0 Å². The van der Waals surface area contributed by atoms with Crippen LogP contribution in [-0.2, 0) is 11.3 Å². The molecule has 0 aliphatic heterocycles. The van der Waals surface area contributed by atoms with Gasteiger partial charge in [0.05, 0.1) is 18.4 Å². The van der Waals surface area contributed by atoms with Gasteiger partial charge in [0, 0.05) is 6.20 Å². The van der Waals surface area contributed by atoms with Crippen LogP contribution in [0.15, 0.2) is 18.3 Å². The average Bonchev–Trinajstić information content (AvgIpc) is 2.01. The Morgan fingerprint density at radius 2 is 2.33 bits per heavy atom. The van der Waals surface area contributed by atoms with Crippen molar-refractivity contribution < 1.29 is 9.13 Å². The predicted molar refractivity (Wildman–Crippen MR) is 44.1 cm³/mol. The normalized spacial score (nSPS) is 10.7. The van der Waals surface area contributed by atoms with Crippen molar-refractivity contribution in [3.8, 4) is 0 Å². The topological polar surface area (TPSA) is 22.1 Å². The molecule has 2 nitrogen and oxygen atoms in total. The number of ether oxygens (including phenoxy) is 1. The fourth-order valence-electron chi connectivity index (χ4n) is 0.780. The van der Waals surface area contributed by atoms with Crippen molar-refractivity contribution >= 4 is 0 Å². The van der Waals surface area contributed by atoms with Gasteiger partial charge in [-0.05, 0) is 26.0 Å². The van der Waals surface area contributed by atoms with E-state index in [1.807, 2.05) is 13.8 Å². The third-order valence-corrected chi connectivity index (χ3v) is 1.34. The summed E-state index contributed by atoms with van der Waals surface area (Å²) in [5.74, 6) is -0.271. The van der Waals surface area contributed by atoms with Crippen molar-refractivity contribution in [1.29, 1.82) is 0 Å². The van der Waals surface area contributed by atoms with Crippen LogP contribution in [-0.4, -0.2) is 11.1 Å². The lowest BCUT2D eigenvalue weighted by atomic mass is 10.3. The fourth-order valence-corrected chi connectivity index (χ4v) is 0.780. The van der Waals surface area contributed by atoms with Crippen molar-refractivity contribution in [3.63, 3.8) is 0 Å². The van der Waals surface area contributed by atoms with Crippen LogP contribution in [0.3, 0.4) is 0 Å². The molecule has 3 heteroatoms. The molecule has 0 saturated heterocycles. The zero-order valence-corrected chi connectivity index (χ0v) is 7.25. The van der Waals surface area contributed by atoms with Crippen molar-refractivity contribution in [3.05, 3.63) is 29.8 Å². The summed E-state index contributed by atoms with van der Waals surface area (Å²) in [6.45, 7) is 4.23. The Balaban J connectivity index is 2.52. The average molecular weight is 169 g/mol. The lowest BCUT2D eigenvalue weighted by Crippen LogP contribution is -2.03. The molecule has 1 heterocycles. The SMILES string of the molecule is CC(C)OCc1cc(F)ccn1. The molecule has 0 spiro atoms. The minimum atomic E-state index is -0.271. The molecule has 0 atom stereocenters. The van der Waals surface area contributed by atoms with E-state index < -0.39 is 0 Å². The van der Waals surface area contributed by atoms with Crippen molar-refractivity contribution in [2.24, 2.45) is 0 Å². The Kier molecular flexibility index (Phi) is 3.17. The molecule has 0 saturated carbocycles. The molecule has 0 bridgehead atoms. The summed E-state index contributed by atoms with van der Waals surface area (Å²) in [4.78, 5) is 3.95. The minimum Gasteiger partial charge on any atom is -0.373 e. The molecule has 0 aromatic carbocycles. The van der Waals surface area contributed by atoms with E-state index in [1.54, 1.807) is 0 Å². The standard InChI is InChI=1S/C9H12FNO/c1-7(2)12-6-9-5-8(10)3-4-11-9/h3-5,7H,6H2,1-2H3. The molecular formula is C9H12FNO. The van der Waals surface area contributed by atoms with Gasteiger partial charge in [0.25, 0.3) is 0 Å². The number of hydrogen-bond acceptors (Lipinski definition) is 2. The van der Waals surface area contributed by atoms with Crippen LogP contribution in [0.4, 0.5) is 4.39 Å². The maximum absolute atomic E-state index is 12.6. The minimum absolute atomic E-state index is 0.148. The van der Waals surface area contributed by atoms with E-state index in [1.165, 1.54) is 18.3 Å². The van der Waals surface area contributed by atoms with Gasteiger partial charge in [-0.25, -0.2) is 4.39 Å². The van der Waals surface area contributed by atoms with Crippen molar-refractivity contribution in [1.82, 2.24) is 4.98 Å². The highest BCUT2D eigenvalue weighted by atomic mass is 19.1. The summed E-state index contributed by atoms with van der Waals surface area (Å²) >= 11 is 0. The molecule has 0 fully saturated rings. The molecule has 1 rings (SSSR count). The van der Waals surface area contributed by atoms with Gasteiger partial charge in [0.15, 0.2) is 0 Å². The summed E-state index contributed by atoms with van der Waals surface area (Å²) in [7, 11) is 0. The Morgan fingerprint density at radius 1 is 1.58 bits per heavy atom. The smallest absolute Gasteiger partial charge is 0.126 e. The van der Waals surface area contributed by atoms with E-state index in [0.29, 0.717) is 12.3 Å². The molecule has 12 heavy (non-hydrogen) atoms. The van der Waals surface area contributed by atoms with E-state index in [4.69, 9.17) is 4.74 Å². The van der Waals surface area contributed by atoms with Gasteiger partial charge in [-0.15, -0.1) is 0 Å². The summed E-state index contributed by atoms with van der Waals surface area (Å²) in [6, 6.07) is 2.70. The molecular weight excluding hydrogens is 157 g/mol. The van der Waals surface area contributed by atoms with Crippen LogP contribution in [0.5, 0.6) is 0 Å². The molecule has 1 aromatic rings. The maximum atomic E-state index is 12.6. The summed E-state index contributed by atoms with van der Waals surface area (Å²) in [5.41, 5.74) is 0.628. The first-order valence-corrected chi connectivity index (χ1v) is 3.90. The second kappa shape index (κ2) is 4.16. The number of pyridine rings is 1. The first-order valence-electron chi connectivity index (χ1n) is 3.90. The highest BCUT2D eigenvalue weighted by Crippen LogP contribution is 2.02. The first kappa shape index (κ1) is 9.13. The van der Waals surface area contributed by atoms with Crippen LogP contribution in [0.1, 0.15) is 19.5 Å². The zero-order chi connectivity index (χ0) is 8.97. The summed E-state index contributed by atoms with van der Waals surface area (Å²) in [5, 5.41) is 0. The summed E-state index contributed by atoms with van der Waals surface area (Å²) in [6.07, 6.45) is 1.59. The second-order valence-corrected chi connectivity index (χ2v) is 2.83. The van der Waals surface area contributed by atoms with Crippen LogP contribution >= 0.6 is 0 Å². The summed E-state index contributed by atoms with van der Waals surface area (Å²) < 4.78 is 17.8. The van der Waals surface area contributed by atoms with Gasteiger partial charge in [-0.3, -0.25) is 4.98 Å². The van der Waals surface area contributed by atoms with Gasteiger partial charge in [0.2, 0.25) is 0 Å². The number of aromatic nitrogens is 1. The number of rotatable bonds is 3. The highest BCUT2D eigenvalue weighted by Gasteiger charge is 1.98. The van der Waals surface area contributed by atoms with Gasteiger partial charge in [-0.1, -0.05) is 0 Å². The molecule has 0 unspecified atom stereocenters. The molecule has 1 aromatic heterocycles. The Labute approximate surface area is 71.4 Å². The lowest BCUT2D eigenvalue weighted by molar-refractivity contribution is 0.0634. The quantitative estimate of drug-likeness (QED) is 0.691. The van der Waals surface area contributed by atoms with Gasteiger partial charge in [0.1, 0.15) is 5.82 Å². The second-order valence-electron chi connectivity index (χ2n) is 2.83. The van der Waals surface area contributed by atoms with Crippen LogP contribution in [0, 0.1) is 5.82 Å². The van der Waals surface area contributed by atoms with E-state index >= 15 is 0 Å². The zero-order valence-electron chi connectivity index (χ0n) is 7.25. The molecule has 0 aliphatic rings. The van der Waals surface area contributed by atoms with Gasteiger partial charge >= 0.3 is 0 Å². The molecule has 0 aliphatic carbocycles. The van der Waals surface area contributed by atoms with Gasteiger partial charge < -0.3 is 4.74 Å². The maximum Gasteiger partial charge on any atom is 0.126 e. The van der Waals surface area contributed by atoms with Gasteiger partial charge in [-0.2, -0.15) is 0 Å². The highest BCUT2D eigenvalue weighted by molar-refractivity contribution is 5.04. The third-order valence-electron chi connectivity index (χ3n) is 1.34.